The van der Waals surface area contributed by atoms with Gasteiger partial charge >= 0.3 is 0 Å². The molecular weight excluding hydrogens is 238 g/mol. The van der Waals surface area contributed by atoms with Crippen molar-refractivity contribution in [2.75, 3.05) is 6.61 Å². The first-order chi connectivity index (χ1) is 7.71. The van der Waals surface area contributed by atoms with Gasteiger partial charge in [0.1, 0.15) is 11.0 Å². The smallest absolute Gasteiger partial charge is 0.163 e. The highest BCUT2D eigenvalue weighted by atomic mass is 32.2. The molecule has 2 atom stereocenters. The summed E-state index contributed by atoms with van der Waals surface area (Å²) in [4.78, 5) is 0. The Morgan fingerprint density at radius 3 is 2.59 bits per heavy atom. The van der Waals surface area contributed by atoms with Gasteiger partial charge in [-0.1, -0.05) is 0 Å². The fourth-order valence-electron chi connectivity index (χ4n) is 1.44. The van der Waals surface area contributed by atoms with Crippen LogP contribution in [0.3, 0.4) is 0 Å². The summed E-state index contributed by atoms with van der Waals surface area (Å²) in [5, 5.41) is 0. The lowest BCUT2D eigenvalue weighted by Gasteiger charge is -2.16. The molecule has 0 N–H and O–H groups in total. The van der Waals surface area contributed by atoms with E-state index >= 15 is 0 Å². The van der Waals surface area contributed by atoms with E-state index in [0.717, 1.165) is 12.8 Å². The zero-order valence-electron chi connectivity index (χ0n) is 11.4. The minimum Gasteiger partial charge on any atom is -0.348 e. The molecule has 5 heteroatoms. The summed E-state index contributed by atoms with van der Waals surface area (Å²) in [5.74, 6) is -0.462. The Bertz CT molecular complexity index is 307. The van der Waals surface area contributed by atoms with Gasteiger partial charge in [-0.2, -0.15) is 4.40 Å². The third-order valence-corrected chi connectivity index (χ3v) is 3.77. The Kier molecular flexibility index (Phi) is 4.86. The number of hydrogen-bond acceptors (Lipinski definition) is 3. The summed E-state index contributed by atoms with van der Waals surface area (Å²) in [6.45, 7) is 10.2. The van der Waals surface area contributed by atoms with Crippen LogP contribution in [0.2, 0.25) is 0 Å². The number of ether oxygens (including phenoxy) is 2. The molecule has 0 amide bonds. The normalized spacial score (nSPS) is 26.5. The molecule has 0 spiro atoms. The topological polar surface area (TPSA) is 47.9 Å². The summed E-state index contributed by atoms with van der Waals surface area (Å²) < 4.78 is 26.5. The maximum Gasteiger partial charge on any atom is 0.163 e. The highest BCUT2D eigenvalue weighted by Crippen LogP contribution is 2.24. The maximum absolute atomic E-state index is 11.6. The monoisotopic (exact) mass is 261 g/mol. The molecule has 1 saturated heterocycles. The van der Waals surface area contributed by atoms with Crippen molar-refractivity contribution < 1.29 is 13.7 Å². The van der Waals surface area contributed by atoms with Gasteiger partial charge in [0.15, 0.2) is 5.79 Å². The maximum atomic E-state index is 11.6. The largest absolute Gasteiger partial charge is 0.348 e. The first-order valence-electron chi connectivity index (χ1n) is 5.97. The van der Waals surface area contributed by atoms with Crippen LogP contribution in [0.1, 0.15) is 47.5 Å². The lowest BCUT2D eigenvalue weighted by atomic mass is 10.2. The predicted octanol–water partition coefficient (Wildman–Crippen LogP) is 2.45. The molecule has 0 aromatic carbocycles. The fourth-order valence-corrected chi connectivity index (χ4v) is 2.00. The molecule has 0 saturated carbocycles. The van der Waals surface area contributed by atoms with Crippen LogP contribution in [-0.2, 0) is 20.5 Å². The molecule has 4 nitrogen and oxygen atoms in total. The van der Waals surface area contributed by atoms with Crippen LogP contribution >= 0.6 is 0 Å². The zero-order chi connectivity index (χ0) is 13.1. The van der Waals surface area contributed by atoms with E-state index in [0.29, 0.717) is 6.61 Å². The van der Waals surface area contributed by atoms with Crippen molar-refractivity contribution in [3.63, 3.8) is 0 Å². The number of nitrogens with zero attached hydrogens (tertiary/aromatic N) is 1. The third kappa shape index (κ3) is 5.27. The van der Waals surface area contributed by atoms with Crippen molar-refractivity contribution in [2.45, 2.75) is 64.1 Å². The molecule has 1 unspecified atom stereocenters. The minimum absolute atomic E-state index is 0.125. The van der Waals surface area contributed by atoms with E-state index in [1.807, 2.05) is 34.6 Å². The average molecular weight is 261 g/mol. The van der Waals surface area contributed by atoms with Crippen molar-refractivity contribution in [1.29, 1.82) is 0 Å². The molecule has 1 aliphatic heterocycles. The second-order valence-corrected chi connectivity index (χ2v) is 7.61. The van der Waals surface area contributed by atoms with E-state index in [-0.39, 0.29) is 10.9 Å². The van der Waals surface area contributed by atoms with Crippen molar-refractivity contribution in [3.8, 4) is 0 Å². The Morgan fingerprint density at radius 1 is 1.47 bits per heavy atom. The second kappa shape index (κ2) is 5.59. The van der Waals surface area contributed by atoms with Crippen LogP contribution in [0.5, 0.6) is 0 Å². The van der Waals surface area contributed by atoms with Gasteiger partial charge in [-0.05, 0) is 47.5 Å². The Hall–Kier alpha value is -0.260. The summed E-state index contributed by atoms with van der Waals surface area (Å²) in [7, 11) is -1.16. The van der Waals surface area contributed by atoms with Crippen molar-refractivity contribution in [3.05, 3.63) is 0 Å². The third-order valence-electron chi connectivity index (χ3n) is 2.38. The highest BCUT2D eigenvalue weighted by Gasteiger charge is 2.31. The van der Waals surface area contributed by atoms with Crippen LogP contribution < -0.4 is 0 Å². The Balaban J connectivity index is 2.25. The van der Waals surface area contributed by atoms with Gasteiger partial charge in [0.25, 0.3) is 0 Å². The van der Waals surface area contributed by atoms with Gasteiger partial charge < -0.3 is 9.47 Å². The highest BCUT2D eigenvalue weighted by molar-refractivity contribution is 7.85. The average Bonchev–Trinajstić information content (AvgIpc) is 2.51. The van der Waals surface area contributed by atoms with Crippen LogP contribution in [0.15, 0.2) is 4.40 Å². The van der Waals surface area contributed by atoms with Crippen LogP contribution in [0.25, 0.3) is 0 Å². The molecule has 1 heterocycles. The second-order valence-electron chi connectivity index (χ2n) is 5.68. The van der Waals surface area contributed by atoms with Crippen molar-refractivity contribution in [2.24, 2.45) is 4.40 Å². The quantitative estimate of drug-likeness (QED) is 0.730. The number of rotatable bonds is 4. The van der Waals surface area contributed by atoms with Gasteiger partial charge in [-0.25, -0.2) is 4.21 Å². The standard InChI is InChI=1S/C12H23NO3S/c1-11(2,3)17(14)13-8-6-7-10-9-15-12(4,5)16-10/h8,10H,6-7,9H2,1-5H3/b13-8+/t10-,17?/m1/s1. The Morgan fingerprint density at radius 2 is 2.12 bits per heavy atom. The van der Waals surface area contributed by atoms with Gasteiger partial charge in [0, 0.05) is 6.21 Å². The van der Waals surface area contributed by atoms with Gasteiger partial charge in [-0.15, -0.1) is 0 Å². The van der Waals surface area contributed by atoms with Gasteiger partial charge in [0.05, 0.1) is 17.5 Å². The molecular formula is C12H23NO3S. The molecule has 0 aliphatic carbocycles. The fraction of sp³-hybridized carbons (Fsp3) is 0.917. The van der Waals surface area contributed by atoms with E-state index in [1.54, 1.807) is 6.21 Å². The zero-order valence-corrected chi connectivity index (χ0v) is 12.2. The summed E-state index contributed by atoms with van der Waals surface area (Å²) in [5.41, 5.74) is 0. The molecule has 0 bridgehead atoms. The first kappa shape index (κ1) is 14.8. The van der Waals surface area contributed by atoms with E-state index in [2.05, 4.69) is 4.40 Å². The summed E-state index contributed by atoms with van der Waals surface area (Å²) in [6.07, 6.45) is 3.48. The number of hydrogen-bond donors (Lipinski definition) is 0. The lowest BCUT2D eigenvalue weighted by molar-refractivity contribution is -0.138. The lowest BCUT2D eigenvalue weighted by Crippen LogP contribution is -2.21. The minimum atomic E-state index is -1.16. The van der Waals surface area contributed by atoms with E-state index in [4.69, 9.17) is 9.47 Å². The first-order valence-corrected chi connectivity index (χ1v) is 7.08. The van der Waals surface area contributed by atoms with Gasteiger partial charge in [-0.3, -0.25) is 0 Å². The van der Waals surface area contributed by atoms with Gasteiger partial charge in [0.2, 0.25) is 0 Å². The molecule has 1 rings (SSSR count). The van der Waals surface area contributed by atoms with E-state index in [9.17, 15) is 4.21 Å². The van der Waals surface area contributed by atoms with Crippen molar-refractivity contribution in [1.82, 2.24) is 0 Å². The summed E-state index contributed by atoms with van der Waals surface area (Å²) >= 11 is 0. The van der Waals surface area contributed by atoms with Crippen LogP contribution in [0.4, 0.5) is 0 Å². The van der Waals surface area contributed by atoms with Crippen LogP contribution in [0, 0.1) is 0 Å². The van der Waals surface area contributed by atoms with E-state index < -0.39 is 16.8 Å². The molecule has 100 valence electrons. The molecule has 0 aromatic rings. The predicted molar refractivity (Wildman–Crippen MR) is 70.5 cm³/mol. The molecule has 17 heavy (non-hydrogen) atoms. The van der Waals surface area contributed by atoms with Crippen LogP contribution in [-0.4, -0.2) is 33.7 Å². The van der Waals surface area contributed by atoms with E-state index in [1.165, 1.54) is 0 Å². The molecule has 1 aliphatic rings. The summed E-state index contributed by atoms with van der Waals surface area (Å²) in [6, 6.07) is 0. The van der Waals surface area contributed by atoms with Crippen molar-refractivity contribution >= 4 is 17.2 Å². The SMILES string of the molecule is CC1(C)OC[C@@H](CC/C=N/S(=O)C(C)(C)C)O1. The molecule has 0 radical (unpaired) electrons. The molecule has 1 fully saturated rings. The molecule has 0 aromatic heterocycles. The Labute approximate surface area is 106 Å².